The van der Waals surface area contributed by atoms with Gasteiger partial charge < -0.3 is 5.11 Å². The van der Waals surface area contributed by atoms with E-state index in [1.165, 1.54) is 0 Å². The minimum Gasteiger partial charge on any atom is -0.481 e. The number of likely N-dealkylation sites (tertiary alicyclic amines) is 1. The van der Waals surface area contributed by atoms with Gasteiger partial charge in [-0.1, -0.05) is 23.7 Å². The fourth-order valence-corrected chi connectivity index (χ4v) is 3.76. The van der Waals surface area contributed by atoms with E-state index in [9.17, 15) is 9.90 Å². The number of hydrogen-bond donors (Lipinski definition) is 1. The van der Waals surface area contributed by atoms with Crippen LogP contribution in [-0.2, 0) is 11.3 Å². The molecule has 1 aromatic carbocycles. The molecule has 1 aliphatic rings. The van der Waals surface area contributed by atoms with E-state index in [-0.39, 0.29) is 0 Å². The molecule has 1 N–H and O–H groups in total. The maximum absolute atomic E-state index is 11.3. The van der Waals surface area contributed by atoms with Crippen LogP contribution >= 0.6 is 22.9 Å². The molecule has 2 aromatic rings. The zero-order valence-electron chi connectivity index (χ0n) is 12.3. The Balaban J connectivity index is 1.69. The number of aromatic nitrogens is 1. The van der Waals surface area contributed by atoms with Gasteiger partial charge in [0.2, 0.25) is 0 Å². The van der Waals surface area contributed by atoms with Crippen LogP contribution in [0.25, 0.3) is 11.3 Å². The van der Waals surface area contributed by atoms with E-state index in [2.05, 4.69) is 9.88 Å². The van der Waals surface area contributed by atoms with Gasteiger partial charge in [-0.15, -0.1) is 11.3 Å². The third-order valence-electron chi connectivity index (χ3n) is 4.10. The SMILES string of the molecule is CC1(C(=O)O)CCN(Cc2nc(-c3cccc(Cl)c3)cs2)C1. The molecule has 1 fully saturated rings. The van der Waals surface area contributed by atoms with Gasteiger partial charge in [0.25, 0.3) is 0 Å². The van der Waals surface area contributed by atoms with Gasteiger partial charge in [0.1, 0.15) is 5.01 Å². The monoisotopic (exact) mass is 336 g/mol. The Morgan fingerprint density at radius 3 is 3.05 bits per heavy atom. The summed E-state index contributed by atoms with van der Waals surface area (Å²) in [7, 11) is 0. The lowest BCUT2D eigenvalue weighted by Gasteiger charge is -2.19. The van der Waals surface area contributed by atoms with E-state index in [4.69, 9.17) is 11.6 Å². The zero-order chi connectivity index (χ0) is 15.7. The lowest BCUT2D eigenvalue weighted by atomic mass is 9.90. The summed E-state index contributed by atoms with van der Waals surface area (Å²) in [5.74, 6) is -0.714. The number of halogens is 1. The maximum Gasteiger partial charge on any atom is 0.310 e. The summed E-state index contributed by atoms with van der Waals surface area (Å²) >= 11 is 7.61. The molecule has 6 heteroatoms. The first-order valence-corrected chi connectivity index (χ1v) is 8.38. The molecule has 0 saturated carbocycles. The van der Waals surface area contributed by atoms with Crippen LogP contribution in [0, 0.1) is 5.41 Å². The van der Waals surface area contributed by atoms with Crippen LogP contribution in [0.15, 0.2) is 29.6 Å². The zero-order valence-corrected chi connectivity index (χ0v) is 13.8. The average Bonchev–Trinajstić information content (AvgIpc) is 3.07. The Bertz CT molecular complexity index is 703. The highest BCUT2D eigenvalue weighted by atomic mass is 35.5. The first-order valence-electron chi connectivity index (χ1n) is 7.12. The molecule has 1 saturated heterocycles. The molecule has 116 valence electrons. The van der Waals surface area contributed by atoms with Crippen molar-refractivity contribution < 1.29 is 9.90 Å². The summed E-state index contributed by atoms with van der Waals surface area (Å²) in [6.45, 7) is 3.89. The second kappa shape index (κ2) is 5.99. The van der Waals surface area contributed by atoms with Crippen LogP contribution in [0.4, 0.5) is 0 Å². The highest BCUT2D eigenvalue weighted by Crippen LogP contribution is 2.32. The van der Waals surface area contributed by atoms with E-state index >= 15 is 0 Å². The minimum atomic E-state index is -0.714. The number of aliphatic carboxylic acids is 1. The van der Waals surface area contributed by atoms with E-state index in [1.807, 2.05) is 36.6 Å². The number of nitrogens with zero attached hydrogens (tertiary/aromatic N) is 2. The summed E-state index contributed by atoms with van der Waals surface area (Å²) < 4.78 is 0. The van der Waals surface area contributed by atoms with Crippen molar-refractivity contribution in [2.45, 2.75) is 19.9 Å². The molecule has 1 unspecified atom stereocenters. The maximum atomic E-state index is 11.3. The molecule has 0 radical (unpaired) electrons. The number of carbonyl (C=O) groups is 1. The van der Waals surface area contributed by atoms with Crippen LogP contribution < -0.4 is 0 Å². The van der Waals surface area contributed by atoms with E-state index in [1.54, 1.807) is 11.3 Å². The Hall–Kier alpha value is -1.43. The molecule has 1 aromatic heterocycles. The van der Waals surface area contributed by atoms with E-state index in [0.29, 0.717) is 24.5 Å². The molecule has 1 aliphatic heterocycles. The Kier molecular flexibility index (Phi) is 4.21. The number of benzene rings is 1. The largest absolute Gasteiger partial charge is 0.481 e. The Morgan fingerprint density at radius 1 is 1.55 bits per heavy atom. The lowest BCUT2D eigenvalue weighted by Crippen LogP contribution is -2.31. The molecule has 22 heavy (non-hydrogen) atoms. The Labute approximate surface area is 138 Å². The number of carboxylic acid groups (broad SMARTS) is 1. The average molecular weight is 337 g/mol. The van der Waals surface area contributed by atoms with E-state index in [0.717, 1.165) is 22.8 Å². The molecule has 0 spiro atoms. The predicted octanol–water partition coefficient (Wildman–Crippen LogP) is 3.76. The first-order chi connectivity index (χ1) is 10.5. The van der Waals surface area contributed by atoms with Gasteiger partial charge in [0.15, 0.2) is 0 Å². The smallest absolute Gasteiger partial charge is 0.310 e. The summed E-state index contributed by atoms with van der Waals surface area (Å²) in [4.78, 5) is 18.1. The summed E-state index contributed by atoms with van der Waals surface area (Å²) in [5.41, 5.74) is 1.29. The summed E-state index contributed by atoms with van der Waals surface area (Å²) in [6, 6.07) is 7.64. The second-order valence-electron chi connectivity index (χ2n) is 5.96. The van der Waals surface area contributed by atoms with Crippen molar-refractivity contribution in [1.29, 1.82) is 0 Å². The highest BCUT2D eigenvalue weighted by molar-refractivity contribution is 7.09. The summed E-state index contributed by atoms with van der Waals surface area (Å²) in [6.07, 6.45) is 0.689. The van der Waals surface area contributed by atoms with Crippen molar-refractivity contribution in [1.82, 2.24) is 9.88 Å². The number of thiazole rings is 1. The molecule has 1 atom stereocenters. The van der Waals surface area contributed by atoms with Crippen molar-refractivity contribution >= 4 is 28.9 Å². The lowest BCUT2D eigenvalue weighted by molar-refractivity contribution is -0.147. The van der Waals surface area contributed by atoms with Gasteiger partial charge in [-0.2, -0.15) is 0 Å². The van der Waals surface area contributed by atoms with Crippen LogP contribution in [0.1, 0.15) is 18.4 Å². The quantitative estimate of drug-likeness (QED) is 0.923. The van der Waals surface area contributed by atoms with Gasteiger partial charge in [-0.3, -0.25) is 9.69 Å². The number of hydrogen-bond acceptors (Lipinski definition) is 4. The summed E-state index contributed by atoms with van der Waals surface area (Å²) in [5, 5.41) is 13.0. The van der Waals surface area contributed by atoms with Crippen molar-refractivity contribution in [3.05, 3.63) is 39.7 Å². The van der Waals surface area contributed by atoms with Crippen molar-refractivity contribution in [2.24, 2.45) is 5.41 Å². The van der Waals surface area contributed by atoms with Gasteiger partial charge in [0, 0.05) is 22.5 Å². The predicted molar refractivity (Wildman–Crippen MR) is 88.2 cm³/mol. The molecule has 0 aliphatic carbocycles. The molecule has 2 heterocycles. The molecule has 3 rings (SSSR count). The highest BCUT2D eigenvalue weighted by Gasteiger charge is 2.40. The number of rotatable bonds is 4. The Morgan fingerprint density at radius 2 is 2.36 bits per heavy atom. The van der Waals surface area contributed by atoms with Gasteiger partial charge >= 0.3 is 5.97 Å². The van der Waals surface area contributed by atoms with Crippen molar-refractivity contribution in [3.63, 3.8) is 0 Å². The third kappa shape index (κ3) is 3.16. The van der Waals surface area contributed by atoms with Gasteiger partial charge in [-0.25, -0.2) is 4.98 Å². The van der Waals surface area contributed by atoms with Crippen LogP contribution in [0.3, 0.4) is 0 Å². The molecule has 0 bridgehead atoms. The van der Waals surface area contributed by atoms with Crippen LogP contribution in [-0.4, -0.2) is 34.0 Å². The molecule has 4 nitrogen and oxygen atoms in total. The molecular weight excluding hydrogens is 320 g/mol. The van der Waals surface area contributed by atoms with Crippen molar-refractivity contribution in [3.8, 4) is 11.3 Å². The fraction of sp³-hybridized carbons (Fsp3) is 0.375. The van der Waals surface area contributed by atoms with Gasteiger partial charge in [0.05, 0.1) is 17.7 Å². The molecule has 0 amide bonds. The second-order valence-corrected chi connectivity index (χ2v) is 7.34. The topological polar surface area (TPSA) is 53.4 Å². The third-order valence-corrected chi connectivity index (χ3v) is 5.17. The van der Waals surface area contributed by atoms with Gasteiger partial charge in [-0.05, 0) is 32.0 Å². The standard InChI is InChI=1S/C16H17ClN2O2S/c1-16(15(20)21)5-6-19(10-16)8-14-18-13(9-22-14)11-3-2-4-12(17)7-11/h2-4,7,9H,5-6,8,10H2,1H3,(H,20,21). The minimum absolute atomic E-state index is 0.578. The fourth-order valence-electron chi connectivity index (χ4n) is 2.72. The first kappa shape index (κ1) is 15.5. The molecular formula is C16H17ClN2O2S. The normalized spacial score (nSPS) is 22.1. The number of carboxylic acids is 1. The van der Waals surface area contributed by atoms with Crippen LogP contribution in [0.2, 0.25) is 5.02 Å². The van der Waals surface area contributed by atoms with Crippen molar-refractivity contribution in [2.75, 3.05) is 13.1 Å². The van der Waals surface area contributed by atoms with E-state index < -0.39 is 11.4 Å². The van der Waals surface area contributed by atoms with Crippen LogP contribution in [0.5, 0.6) is 0 Å².